The number of hydrogen-bond acceptors (Lipinski definition) is 7. The van der Waals surface area contributed by atoms with Gasteiger partial charge in [0.05, 0.1) is 22.7 Å². The van der Waals surface area contributed by atoms with Crippen molar-refractivity contribution in [3.05, 3.63) is 64.7 Å². The fourth-order valence-electron chi connectivity index (χ4n) is 4.52. The number of pyridine rings is 2. The van der Waals surface area contributed by atoms with Gasteiger partial charge in [-0.15, -0.1) is 0 Å². The number of halogens is 1. The van der Waals surface area contributed by atoms with E-state index in [1.165, 1.54) is 12.1 Å². The summed E-state index contributed by atoms with van der Waals surface area (Å²) in [7, 11) is -4.02. The van der Waals surface area contributed by atoms with Gasteiger partial charge in [0.15, 0.2) is 5.03 Å². The number of nitrogens with one attached hydrogen (secondary N) is 1. The van der Waals surface area contributed by atoms with E-state index in [1.807, 2.05) is 43.9 Å². The van der Waals surface area contributed by atoms with Crippen LogP contribution in [-0.2, 0) is 19.6 Å². The number of ether oxygens (including phenoxy) is 1. The summed E-state index contributed by atoms with van der Waals surface area (Å²) in [6.45, 7) is 9.11. The number of piperidine rings is 1. The molecule has 0 aliphatic carbocycles. The Morgan fingerprint density at radius 1 is 1.05 bits per heavy atom. The summed E-state index contributed by atoms with van der Waals surface area (Å²) in [5.74, 6) is 0.491. The first kappa shape index (κ1) is 26.9. The molecule has 0 radical (unpaired) electrons. The molecule has 37 heavy (non-hydrogen) atoms. The van der Waals surface area contributed by atoms with Gasteiger partial charge < -0.3 is 9.64 Å². The topological polar surface area (TPSA) is 101 Å². The molecule has 1 aliphatic heterocycles. The summed E-state index contributed by atoms with van der Waals surface area (Å²) in [6.07, 6.45) is 1.19. The fourth-order valence-corrected chi connectivity index (χ4v) is 5.69. The van der Waals surface area contributed by atoms with E-state index in [0.29, 0.717) is 49.1 Å². The molecule has 0 amide bonds. The lowest BCUT2D eigenvalue weighted by molar-refractivity contribution is -0.155. The molecule has 10 heteroatoms. The van der Waals surface area contributed by atoms with Crippen LogP contribution in [0, 0.1) is 19.3 Å². The summed E-state index contributed by atoms with van der Waals surface area (Å²) in [4.78, 5) is 23.3. The number of anilines is 2. The van der Waals surface area contributed by atoms with Crippen molar-refractivity contribution in [1.82, 2.24) is 9.97 Å². The molecule has 0 spiro atoms. The zero-order valence-electron chi connectivity index (χ0n) is 21.4. The van der Waals surface area contributed by atoms with Crippen molar-refractivity contribution in [2.75, 3.05) is 29.3 Å². The molecule has 1 aliphatic rings. The number of carbonyl (C=O) groups is 1. The lowest BCUT2D eigenvalue weighted by atomic mass is 9.80. The molecular weight excluding hydrogens is 512 g/mol. The second kappa shape index (κ2) is 10.7. The van der Waals surface area contributed by atoms with E-state index >= 15 is 0 Å². The van der Waals surface area contributed by atoms with Gasteiger partial charge in [0.1, 0.15) is 11.6 Å². The Kier molecular flexibility index (Phi) is 7.75. The fraction of sp³-hybridized carbons (Fsp3) is 0.370. The molecule has 3 aromatic rings. The van der Waals surface area contributed by atoms with Gasteiger partial charge in [0.2, 0.25) is 0 Å². The summed E-state index contributed by atoms with van der Waals surface area (Å²) < 4.78 is 34.3. The molecule has 1 fully saturated rings. The zero-order valence-corrected chi connectivity index (χ0v) is 23.0. The first-order chi connectivity index (χ1) is 17.5. The predicted octanol–water partition coefficient (Wildman–Crippen LogP) is 5.38. The third-order valence-electron chi connectivity index (χ3n) is 6.75. The van der Waals surface area contributed by atoms with Crippen LogP contribution >= 0.6 is 11.6 Å². The van der Waals surface area contributed by atoms with E-state index < -0.39 is 15.4 Å². The highest BCUT2D eigenvalue weighted by atomic mass is 35.5. The molecule has 4 rings (SSSR count). The number of esters is 1. The Morgan fingerprint density at radius 3 is 2.35 bits per heavy atom. The molecule has 2 aromatic heterocycles. The third kappa shape index (κ3) is 5.72. The highest BCUT2D eigenvalue weighted by Gasteiger charge is 2.38. The van der Waals surface area contributed by atoms with Crippen molar-refractivity contribution >= 4 is 39.2 Å². The minimum atomic E-state index is -4.02. The first-order valence-electron chi connectivity index (χ1n) is 12.2. The van der Waals surface area contributed by atoms with Gasteiger partial charge in [-0.2, -0.15) is 8.42 Å². The second-order valence-electron chi connectivity index (χ2n) is 9.50. The summed E-state index contributed by atoms with van der Waals surface area (Å²) in [6, 6.07) is 13.9. The normalized spacial score (nSPS) is 15.3. The molecule has 1 saturated heterocycles. The maximum atomic E-state index is 13.2. The maximum absolute atomic E-state index is 13.2. The first-order valence-corrected chi connectivity index (χ1v) is 14.1. The van der Waals surface area contributed by atoms with Crippen molar-refractivity contribution in [3.8, 4) is 11.3 Å². The van der Waals surface area contributed by atoms with Crippen molar-refractivity contribution in [2.24, 2.45) is 5.41 Å². The predicted molar refractivity (Wildman–Crippen MR) is 145 cm³/mol. The standard InChI is InChI=1S/C27H31ClN4O4S/c1-5-36-26(33)27(4)14-16-32(17-15-27)22-10-7-11-23(30-22)37(34,35)31-21-13-12-20(28)25(29-21)24-18(2)8-6-9-19(24)3/h6-13H,5,14-17H2,1-4H3,(H,29,31). The monoisotopic (exact) mass is 542 g/mol. The molecule has 0 saturated carbocycles. The van der Waals surface area contributed by atoms with Crippen LogP contribution in [0.3, 0.4) is 0 Å². The van der Waals surface area contributed by atoms with E-state index in [1.54, 1.807) is 25.1 Å². The molecule has 3 heterocycles. The average molecular weight is 543 g/mol. The van der Waals surface area contributed by atoms with Crippen molar-refractivity contribution < 1.29 is 17.9 Å². The van der Waals surface area contributed by atoms with Crippen LogP contribution in [0.15, 0.2) is 53.6 Å². The third-order valence-corrected chi connectivity index (χ3v) is 8.31. The van der Waals surface area contributed by atoms with Gasteiger partial charge in [-0.1, -0.05) is 35.9 Å². The zero-order chi connectivity index (χ0) is 26.8. The quantitative estimate of drug-likeness (QED) is 0.400. The lowest BCUT2D eigenvalue weighted by Crippen LogP contribution is -2.43. The molecule has 8 nitrogen and oxygen atoms in total. The van der Waals surface area contributed by atoms with Gasteiger partial charge in [0, 0.05) is 18.7 Å². The van der Waals surface area contributed by atoms with Crippen LogP contribution in [0.1, 0.15) is 37.8 Å². The highest BCUT2D eigenvalue weighted by molar-refractivity contribution is 7.92. The van der Waals surface area contributed by atoms with Crippen LogP contribution in [-0.4, -0.2) is 44.1 Å². The number of nitrogens with zero attached hydrogens (tertiary/aromatic N) is 3. The van der Waals surface area contributed by atoms with Crippen molar-refractivity contribution in [1.29, 1.82) is 0 Å². The molecule has 0 atom stereocenters. The van der Waals surface area contributed by atoms with Gasteiger partial charge in [-0.05, 0) is 75.9 Å². The van der Waals surface area contributed by atoms with Crippen LogP contribution in [0.4, 0.5) is 11.6 Å². The van der Waals surface area contributed by atoms with Crippen LogP contribution in [0.5, 0.6) is 0 Å². The van der Waals surface area contributed by atoms with E-state index in [9.17, 15) is 13.2 Å². The highest BCUT2D eigenvalue weighted by Crippen LogP contribution is 2.35. The molecular formula is C27H31ClN4O4S. The van der Waals surface area contributed by atoms with Crippen LogP contribution in [0.2, 0.25) is 5.02 Å². The Bertz CT molecular complexity index is 1400. The molecule has 1 aromatic carbocycles. The van der Waals surface area contributed by atoms with Crippen molar-refractivity contribution in [3.63, 3.8) is 0 Å². The second-order valence-corrected chi connectivity index (χ2v) is 11.5. The molecule has 0 bridgehead atoms. The minimum absolute atomic E-state index is 0.117. The van der Waals surface area contributed by atoms with Gasteiger partial charge >= 0.3 is 5.97 Å². The molecule has 1 N–H and O–H groups in total. The number of sulfonamides is 1. The smallest absolute Gasteiger partial charge is 0.311 e. The average Bonchev–Trinajstić information content (AvgIpc) is 2.86. The molecule has 196 valence electrons. The summed E-state index contributed by atoms with van der Waals surface area (Å²) >= 11 is 6.44. The van der Waals surface area contributed by atoms with Gasteiger partial charge in [-0.25, -0.2) is 9.97 Å². The lowest BCUT2D eigenvalue weighted by Gasteiger charge is -2.38. The number of benzene rings is 1. The summed E-state index contributed by atoms with van der Waals surface area (Å²) in [5, 5.41) is 0.314. The number of aryl methyl sites for hydroxylation is 2. The van der Waals surface area contributed by atoms with Gasteiger partial charge in [-0.3, -0.25) is 9.52 Å². The minimum Gasteiger partial charge on any atom is -0.466 e. The number of aromatic nitrogens is 2. The van der Waals surface area contributed by atoms with Gasteiger partial charge in [0.25, 0.3) is 10.0 Å². The van der Waals surface area contributed by atoms with Crippen LogP contribution < -0.4 is 9.62 Å². The summed E-state index contributed by atoms with van der Waals surface area (Å²) in [5.41, 5.74) is 2.81. The Morgan fingerprint density at radius 2 is 1.70 bits per heavy atom. The number of hydrogen-bond donors (Lipinski definition) is 1. The van der Waals surface area contributed by atoms with E-state index in [2.05, 4.69) is 14.7 Å². The van der Waals surface area contributed by atoms with E-state index in [4.69, 9.17) is 16.3 Å². The van der Waals surface area contributed by atoms with E-state index in [-0.39, 0.29) is 16.8 Å². The largest absolute Gasteiger partial charge is 0.466 e. The van der Waals surface area contributed by atoms with E-state index in [0.717, 1.165) is 16.7 Å². The Balaban J connectivity index is 1.55. The Labute approximate surface area is 223 Å². The molecule has 0 unspecified atom stereocenters. The van der Waals surface area contributed by atoms with Crippen LogP contribution in [0.25, 0.3) is 11.3 Å². The number of rotatable bonds is 7. The maximum Gasteiger partial charge on any atom is 0.311 e. The number of carbonyl (C=O) groups excluding carboxylic acids is 1. The SMILES string of the molecule is CCOC(=O)C1(C)CCN(c2cccc(S(=O)(=O)Nc3ccc(Cl)c(-c4c(C)cccc4C)n3)n2)CC1. The van der Waals surface area contributed by atoms with Crippen molar-refractivity contribution in [2.45, 2.75) is 45.6 Å². The Hall–Kier alpha value is -3.17.